The summed E-state index contributed by atoms with van der Waals surface area (Å²) < 4.78 is 5.07. The summed E-state index contributed by atoms with van der Waals surface area (Å²) in [5.74, 6) is 0. The number of rotatable bonds is 6. The summed E-state index contributed by atoms with van der Waals surface area (Å²) in [6.07, 6.45) is -0.159. The highest BCUT2D eigenvalue weighted by molar-refractivity contribution is 5.68. The average Bonchev–Trinajstić information content (AvgIpc) is 2.11. The Kier molecular flexibility index (Phi) is 7.03. The highest BCUT2D eigenvalue weighted by Gasteiger charge is 2.19. The lowest BCUT2D eigenvalue weighted by molar-refractivity contribution is -0.276. The van der Waals surface area contributed by atoms with Gasteiger partial charge in [0.25, 0.3) is 0 Å². The lowest BCUT2D eigenvalue weighted by Crippen LogP contribution is -2.42. The molecule has 0 heterocycles. The van der Waals surface area contributed by atoms with E-state index in [2.05, 4.69) is 10.2 Å². The molecule has 1 amide bonds. The second-order valence-electron chi connectivity index (χ2n) is 4.31. The van der Waals surface area contributed by atoms with Crippen LogP contribution in [0.3, 0.4) is 0 Å². The zero-order valence-corrected chi connectivity index (χ0v) is 10.3. The highest BCUT2D eigenvalue weighted by atomic mass is 17.2. The first-order chi connectivity index (χ1) is 7.39. The number of alkyl carbamates (subject to hydrolysis) is 1. The lowest BCUT2D eigenvalue weighted by atomic mass is 10.2. The van der Waals surface area contributed by atoms with Crippen molar-refractivity contribution in [3.05, 3.63) is 0 Å². The van der Waals surface area contributed by atoms with E-state index in [1.54, 1.807) is 20.8 Å². The molecule has 2 N–H and O–H groups in total. The van der Waals surface area contributed by atoms with E-state index in [9.17, 15) is 4.79 Å². The number of ether oxygens (including phenoxy) is 1. The van der Waals surface area contributed by atoms with E-state index in [4.69, 9.17) is 14.7 Å². The molecule has 0 rings (SSSR count). The first kappa shape index (κ1) is 15.2. The first-order valence-electron chi connectivity index (χ1n) is 5.15. The molecule has 0 fully saturated rings. The van der Waals surface area contributed by atoms with Gasteiger partial charge in [-0.15, -0.1) is 0 Å². The van der Waals surface area contributed by atoms with Crippen LogP contribution >= 0.6 is 0 Å². The van der Waals surface area contributed by atoms with Crippen LogP contribution in [0.2, 0.25) is 0 Å². The number of hydrogen-bond acceptors (Lipinski definition) is 5. The van der Waals surface area contributed by atoms with Crippen molar-refractivity contribution in [1.82, 2.24) is 5.32 Å². The topological polar surface area (TPSA) is 77.0 Å². The van der Waals surface area contributed by atoms with E-state index < -0.39 is 11.7 Å². The fraction of sp³-hybridized carbons (Fsp3) is 0.900. The normalized spacial score (nSPS) is 13.3. The third-order valence-corrected chi connectivity index (χ3v) is 1.59. The Hall–Kier alpha value is -0.850. The summed E-state index contributed by atoms with van der Waals surface area (Å²) in [6, 6.07) is -0.334. The molecule has 0 aliphatic heterocycles. The van der Waals surface area contributed by atoms with Crippen LogP contribution in [0.15, 0.2) is 0 Å². The molecule has 0 spiro atoms. The van der Waals surface area contributed by atoms with Crippen LogP contribution in [0.25, 0.3) is 0 Å². The molecule has 0 aromatic heterocycles. The van der Waals surface area contributed by atoms with Crippen molar-refractivity contribution in [2.75, 3.05) is 20.3 Å². The number of carbonyl (C=O) groups excluding carboxylic acids is 1. The molecule has 0 unspecified atom stereocenters. The van der Waals surface area contributed by atoms with Crippen LogP contribution < -0.4 is 5.32 Å². The van der Waals surface area contributed by atoms with Crippen LogP contribution in [0.4, 0.5) is 4.79 Å². The van der Waals surface area contributed by atoms with Crippen molar-refractivity contribution in [2.24, 2.45) is 0 Å². The van der Waals surface area contributed by atoms with Crippen LogP contribution in [0, 0.1) is 0 Å². The smallest absolute Gasteiger partial charge is 0.407 e. The van der Waals surface area contributed by atoms with Crippen molar-refractivity contribution in [3.63, 3.8) is 0 Å². The molecule has 0 saturated heterocycles. The highest BCUT2D eigenvalue weighted by Crippen LogP contribution is 2.07. The molecule has 0 radical (unpaired) electrons. The van der Waals surface area contributed by atoms with E-state index >= 15 is 0 Å². The maximum atomic E-state index is 11.4. The van der Waals surface area contributed by atoms with Crippen LogP contribution in [0.5, 0.6) is 0 Å². The molecule has 0 aromatic rings. The van der Waals surface area contributed by atoms with E-state index in [-0.39, 0.29) is 19.3 Å². The third-order valence-electron chi connectivity index (χ3n) is 1.59. The summed E-state index contributed by atoms with van der Waals surface area (Å²) in [5.41, 5.74) is -0.546. The molecule has 6 nitrogen and oxygen atoms in total. The molecular weight excluding hydrogens is 214 g/mol. The van der Waals surface area contributed by atoms with E-state index in [0.29, 0.717) is 6.42 Å². The average molecular weight is 235 g/mol. The number of amides is 1. The Balaban J connectivity index is 4.02. The molecule has 0 aliphatic carbocycles. The Morgan fingerprint density at radius 2 is 2.06 bits per heavy atom. The van der Waals surface area contributed by atoms with Gasteiger partial charge >= 0.3 is 6.09 Å². The van der Waals surface area contributed by atoms with Gasteiger partial charge in [-0.3, -0.25) is 0 Å². The predicted molar refractivity (Wildman–Crippen MR) is 57.8 cm³/mol. The van der Waals surface area contributed by atoms with Gasteiger partial charge in [0, 0.05) is 6.61 Å². The molecule has 0 aliphatic rings. The number of nitrogens with one attached hydrogen (secondary N) is 1. The molecule has 0 saturated carbocycles. The van der Waals surface area contributed by atoms with Gasteiger partial charge < -0.3 is 15.2 Å². The van der Waals surface area contributed by atoms with Gasteiger partial charge in [0.1, 0.15) is 12.2 Å². The van der Waals surface area contributed by atoms with Gasteiger partial charge in [-0.2, -0.15) is 0 Å². The largest absolute Gasteiger partial charge is 0.444 e. The molecule has 0 aromatic carbocycles. The maximum Gasteiger partial charge on any atom is 0.407 e. The van der Waals surface area contributed by atoms with Crippen molar-refractivity contribution >= 4 is 6.09 Å². The van der Waals surface area contributed by atoms with Crippen LogP contribution in [-0.4, -0.2) is 43.2 Å². The number of aliphatic hydroxyl groups excluding tert-OH is 1. The zero-order chi connectivity index (χ0) is 12.6. The van der Waals surface area contributed by atoms with Gasteiger partial charge in [0.15, 0.2) is 0 Å². The Labute approximate surface area is 95.8 Å². The molecule has 0 bridgehead atoms. The van der Waals surface area contributed by atoms with Gasteiger partial charge in [0.05, 0.1) is 13.2 Å². The van der Waals surface area contributed by atoms with Crippen molar-refractivity contribution in [1.29, 1.82) is 0 Å². The summed E-state index contributed by atoms with van der Waals surface area (Å²) in [6.45, 7) is 5.45. The summed E-state index contributed by atoms with van der Waals surface area (Å²) >= 11 is 0. The second kappa shape index (κ2) is 7.43. The maximum absolute atomic E-state index is 11.4. The SMILES string of the molecule is COOC[C@H](CCO)NC(=O)OC(C)(C)C. The second-order valence-corrected chi connectivity index (χ2v) is 4.31. The minimum Gasteiger partial charge on any atom is -0.444 e. The van der Waals surface area contributed by atoms with E-state index in [0.717, 1.165) is 0 Å². The van der Waals surface area contributed by atoms with Crippen LogP contribution in [0.1, 0.15) is 27.2 Å². The van der Waals surface area contributed by atoms with Crippen LogP contribution in [-0.2, 0) is 14.5 Å². The Bertz CT molecular complexity index is 202. The van der Waals surface area contributed by atoms with Crippen molar-refractivity contribution < 1.29 is 24.4 Å². The monoisotopic (exact) mass is 235 g/mol. The number of hydrogen-bond donors (Lipinski definition) is 2. The quantitative estimate of drug-likeness (QED) is 0.527. The van der Waals surface area contributed by atoms with Crippen molar-refractivity contribution in [3.8, 4) is 0 Å². The van der Waals surface area contributed by atoms with Gasteiger partial charge in [-0.25, -0.2) is 14.6 Å². The Morgan fingerprint density at radius 1 is 1.44 bits per heavy atom. The third kappa shape index (κ3) is 8.46. The summed E-state index contributed by atoms with van der Waals surface area (Å²) in [7, 11) is 1.38. The molecular formula is C10H21NO5. The lowest BCUT2D eigenvalue weighted by Gasteiger charge is -2.22. The van der Waals surface area contributed by atoms with E-state index in [1.165, 1.54) is 7.11 Å². The van der Waals surface area contributed by atoms with Crippen molar-refractivity contribution in [2.45, 2.75) is 38.8 Å². The number of carbonyl (C=O) groups is 1. The zero-order valence-electron chi connectivity index (χ0n) is 10.3. The summed E-state index contributed by atoms with van der Waals surface area (Å²) in [5, 5.41) is 11.4. The molecule has 6 heteroatoms. The Morgan fingerprint density at radius 3 is 2.50 bits per heavy atom. The minimum atomic E-state index is -0.546. The standard InChI is InChI=1S/C10H21NO5/c1-10(2,3)16-9(13)11-8(5-6-12)7-15-14-4/h8,12H,5-7H2,1-4H3,(H,11,13)/t8-/m0/s1. The van der Waals surface area contributed by atoms with Gasteiger partial charge in [0.2, 0.25) is 0 Å². The van der Waals surface area contributed by atoms with Gasteiger partial charge in [-0.05, 0) is 27.2 Å². The molecule has 16 heavy (non-hydrogen) atoms. The predicted octanol–water partition coefficient (Wildman–Crippen LogP) is 0.840. The minimum absolute atomic E-state index is 0.0481. The first-order valence-corrected chi connectivity index (χ1v) is 5.15. The molecule has 1 atom stereocenters. The number of aliphatic hydroxyl groups is 1. The van der Waals surface area contributed by atoms with Gasteiger partial charge in [-0.1, -0.05) is 0 Å². The van der Waals surface area contributed by atoms with E-state index in [1.807, 2.05) is 0 Å². The fourth-order valence-corrected chi connectivity index (χ4v) is 0.977. The fourth-order valence-electron chi connectivity index (χ4n) is 0.977. The summed E-state index contributed by atoms with van der Waals surface area (Å²) in [4.78, 5) is 20.5. The molecule has 96 valence electrons.